The Hall–Kier alpha value is -1.38. The van der Waals surface area contributed by atoms with Crippen molar-refractivity contribution in [2.45, 2.75) is 18.9 Å². The number of hydrogen-bond donors (Lipinski definition) is 4. The monoisotopic (exact) mass is 291 g/mol. The molecule has 0 aromatic heterocycles. The van der Waals surface area contributed by atoms with Crippen molar-refractivity contribution < 1.29 is 24.5 Å². The molecule has 0 radical (unpaired) electrons. The van der Waals surface area contributed by atoms with E-state index in [-0.39, 0.29) is 6.54 Å². The number of rotatable bonds is 10. The largest absolute Gasteiger partial charge is 0.481 e. The molecule has 0 aromatic rings. The molecule has 0 aliphatic carbocycles. The van der Waals surface area contributed by atoms with Crippen molar-refractivity contribution in [2.75, 3.05) is 46.9 Å². The number of nitrogens with zero attached hydrogens (tertiary/aromatic N) is 1. The maximum absolute atomic E-state index is 11.4. The summed E-state index contributed by atoms with van der Waals surface area (Å²) in [5, 5.41) is 23.2. The van der Waals surface area contributed by atoms with Crippen molar-refractivity contribution in [1.29, 1.82) is 0 Å². The van der Waals surface area contributed by atoms with Crippen molar-refractivity contribution >= 4 is 12.0 Å². The lowest BCUT2D eigenvalue weighted by Gasteiger charge is -2.21. The fourth-order valence-corrected chi connectivity index (χ4v) is 1.31. The molecule has 0 saturated carbocycles. The zero-order valence-electron chi connectivity index (χ0n) is 12.3. The molecule has 1 atom stereocenters. The average Bonchev–Trinajstić information content (AvgIpc) is 2.29. The minimum atomic E-state index is -1.47. The number of aliphatic carboxylic acids is 1. The molecule has 118 valence electrons. The summed E-state index contributed by atoms with van der Waals surface area (Å²) in [6.45, 7) is 3.36. The van der Waals surface area contributed by atoms with Crippen molar-refractivity contribution in [3.63, 3.8) is 0 Å². The lowest BCUT2D eigenvalue weighted by Crippen LogP contribution is -2.46. The molecule has 0 aliphatic heterocycles. The van der Waals surface area contributed by atoms with E-state index in [0.717, 1.165) is 6.54 Å². The molecule has 0 spiro atoms. The molecule has 2 amide bonds. The average molecular weight is 291 g/mol. The van der Waals surface area contributed by atoms with Crippen LogP contribution in [0.15, 0.2) is 0 Å². The molecule has 0 aromatic carbocycles. The van der Waals surface area contributed by atoms with Gasteiger partial charge >= 0.3 is 12.0 Å². The highest BCUT2D eigenvalue weighted by atomic mass is 16.5. The van der Waals surface area contributed by atoms with Gasteiger partial charge in [-0.3, -0.25) is 4.79 Å². The van der Waals surface area contributed by atoms with Crippen molar-refractivity contribution in [1.82, 2.24) is 15.5 Å². The van der Waals surface area contributed by atoms with Crippen LogP contribution in [-0.4, -0.2) is 79.7 Å². The predicted octanol–water partition coefficient (Wildman–Crippen LogP) is -0.910. The van der Waals surface area contributed by atoms with Crippen LogP contribution in [0.4, 0.5) is 4.79 Å². The number of carboxylic acids is 1. The van der Waals surface area contributed by atoms with Crippen LogP contribution in [0.2, 0.25) is 0 Å². The zero-order valence-corrected chi connectivity index (χ0v) is 12.3. The Balaban J connectivity index is 3.61. The Labute approximate surface area is 119 Å². The third kappa shape index (κ3) is 11.7. The molecule has 8 heteroatoms. The lowest BCUT2D eigenvalue weighted by atomic mass is 10.0. The summed E-state index contributed by atoms with van der Waals surface area (Å²) in [6, 6.07) is -0.466. The first-order valence-electron chi connectivity index (χ1n) is 6.41. The van der Waals surface area contributed by atoms with E-state index in [2.05, 4.69) is 10.6 Å². The first kappa shape index (κ1) is 18.6. The van der Waals surface area contributed by atoms with Gasteiger partial charge in [-0.25, -0.2) is 4.79 Å². The van der Waals surface area contributed by atoms with Gasteiger partial charge in [0, 0.05) is 19.6 Å². The zero-order chi connectivity index (χ0) is 15.6. The van der Waals surface area contributed by atoms with Crippen LogP contribution in [0.25, 0.3) is 0 Å². The molecule has 4 N–H and O–H groups in total. The van der Waals surface area contributed by atoms with Gasteiger partial charge in [-0.05, 0) is 21.0 Å². The first-order chi connectivity index (χ1) is 9.23. The second kappa shape index (κ2) is 9.51. The molecular formula is C12H25N3O5. The van der Waals surface area contributed by atoms with Crippen LogP contribution < -0.4 is 10.6 Å². The van der Waals surface area contributed by atoms with Crippen molar-refractivity contribution in [3.05, 3.63) is 0 Å². The van der Waals surface area contributed by atoms with E-state index in [1.54, 1.807) is 0 Å². The summed E-state index contributed by atoms with van der Waals surface area (Å²) in [4.78, 5) is 23.8. The molecule has 0 heterocycles. The van der Waals surface area contributed by atoms with Crippen molar-refractivity contribution in [3.8, 4) is 0 Å². The molecule has 1 unspecified atom stereocenters. The number of urea groups is 1. The predicted molar refractivity (Wildman–Crippen MR) is 73.7 cm³/mol. The molecule has 0 rings (SSSR count). The first-order valence-corrected chi connectivity index (χ1v) is 6.41. The van der Waals surface area contributed by atoms with Crippen LogP contribution in [-0.2, 0) is 9.53 Å². The highest BCUT2D eigenvalue weighted by molar-refractivity contribution is 5.74. The van der Waals surface area contributed by atoms with Crippen LogP contribution in [0, 0.1) is 0 Å². The topological polar surface area (TPSA) is 111 Å². The summed E-state index contributed by atoms with van der Waals surface area (Å²) < 4.78 is 5.28. The molecular weight excluding hydrogens is 266 g/mol. The highest BCUT2D eigenvalue weighted by Crippen LogP contribution is 2.06. The van der Waals surface area contributed by atoms with E-state index in [4.69, 9.17) is 9.84 Å². The Morgan fingerprint density at radius 3 is 2.45 bits per heavy atom. The second-order valence-electron chi connectivity index (χ2n) is 5.09. The molecule has 20 heavy (non-hydrogen) atoms. The Kier molecular flexibility index (Phi) is 8.86. The summed E-state index contributed by atoms with van der Waals surface area (Å²) in [5.41, 5.74) is -1.47. The van der Waals surface area contributed by atoms with Crippen LogP contribution in [0.5, 0.6) is 0 Å². The van der Waals surface area contributed by atoms with E-state index in [1.165, 1.54) is 6.92 Å². The van der Waals surface area contributed by atoms with Crippen LogP contribution in [0.3, 0.4) is 0 Å². The molecule has 0 fully saturated rings. The number of ether oxygens (including phenoxy) is 1. The normalized spacial score (nSPS) is 13.8. The highest BCUT2D eigenvalue weighted by Gasteiger charge is 2.24. The van der Waals surface area contributed by atoms with E-state index in [9.17, 15) is 14.7 Å². The Morgan fingerprint density at radius 2 is 1.90 bits per heavy atom. The Bertz CT molecular complexity index is 307. The van der Waals surface area contributed by atoms with Gasteiger partial charge in [0.1, 0.15) is 0 Å². The van der Waals surface area contributed by atoms with Gasteiger partial charge in [-0.15, -0.1) is 0 Å². The van der Waals surface area contributed by atoms with Gasteiger partial charge < -0.3 is 30.5 Å². The van der Waals surface area contributed by atoms with Gasteiger partial charge in [-0.1, -0.05) is 0 Å². The Morgan fingerprint density at radius 1 is 1.25 bits per heavy atom. The van der Waals surface area contributed by atoms with Crippen LogP contribution >= 0.6 is 0 Å². The number of carbonyl (C=O) groups is 2. The van der Waals surface area contributed by atoms with Gasteiger partial charge in [0.25, 0.3) is 0 Å². The van der Waals surface area contributed by atoms with E-state index in [0.29, 0.717) is 19.8 Å². The van der Waals surface area contributed by atoms with E-state index < -0.39 is 24.0 Å². The summed E-state index contributed by atoms with van der Waals surface area (Å²) in [6.07, 6.45) is -0.430. The number of aliphatic hydroxyl groups is 1. The maximum atomic E-state index is 11.4. The minimum Gasteiger partial charge on any atom is -0.481 e. The smallest absolute Gasteiger partial charge is 0.314 e. The van der Waals surface area contributed by atoms with Gasteiger partial charge in [0.2, 0.25) is 0 Å². The summed E-state index contributed by atoms with van der Waals surface area (Å²) in [7, 11) is 3.89. The maximum Gasteiger partial charge on any atom is 0.314 e. The number of likely N-dealkylation sites (N-methyl/N-ethyl adjacent to an activating group) is 1. The fraction of sp³-hybridized carbons (Fsp3) is 0.833. The van der Waals surface area contributed by atoms with Gasteiger partial charge in [0.15, 0.2) is 0 Å². The molecule has 0 aliphatic rings. The second-order valence-corrected chi connectivity index (χ2v) is 5.09. The van der Waals surface area contributed by atoms with E-state index in [1.807, 2.05) is 19.0 Å². The summed E-state index contributed by atoms with van der Waals surface area (Å²) >= 11 is 0. The number of carbonyl (C=O) groups excluding carboxylic acids is 1. The van der Waals surface area contributed by atoms with Crippen molar-refractivity contribution in [2.24, 2.45) is 0 Å². The van der Waals surface area contributed by atoms with Crippen LogP contribution in [0.1, 0.15) is 13.3 Å². The lowest BCUT2D eigenvalue weighted by molar-refractivity contribution is -0.141. The number of carboxylic acid groups (broad SMARTS) is 1. The molecule has 0 saturated heterocycles. The van der Waals surface area contributed by atoms with E-state index >= 15 is 0 Å². The van der Waals surface area contributed by atoms with Gasteiger partial charge in [-0.2, -0.15) is 0 Å². The number of nitrogens with one attached hydrogen (secondary N) is 2. The quantitative estimate of drug-likeness (QED) is 0.388. The third-order valence-electron chi connectivity index (χ3n) is 2.38. The fourth-order valence-electron chi connectivity index (χ4n) is 1.31. The number of amides is 2. The summed E-state index contributed by atoms with van der Waals surface area (Å²) in [5.74, 6) is -1.12. The molecule has 0 bridgehead atoms. The third-order valence-corrected chi connectivity index (χ3v) is 2.38. The van der Waals surface area contributed by atoms with Gasteiger partial charge in [0.05, 0.1) is 25.2 Å². The standard InChI is InChI=1S/C12H25N3O5/c1-12(19,8-10(16)17)9-14-11(18)13-4-6-20-7-5-15(2)3/h19H,4-9H2,1-3H3,(H,16,17)(H2,13,14,18). The number of hydrogen-bond acceptors (Lipinski definition) is 5. The molecule has 8 nitrogen and oxygen atoms in total. The SMILES string of the molecule is CN(C)CCOCCNC(=O)NCC(C)(O)CC(=O)O. The minimum absolute atomic E-state index is 0.132.